The molecule has 4 aromatic rings. The first-order valence-electron chi connectivity index (χ1n) is 12.4. The number of rotatable bonds is 6. The van der Waals surface area contributed by atoms with Gasteiger partial charge >= 0.3 is 8.25 Å². The fourth-order valence-corrected chi connectivity index (χ4v) is 6.22. The predicted molar refractivity (Wildman–Crippen MR) is 145 cm³/mol. The van der Waals surface area contributed by atoms with Crippen LogP contribution < -0.4 is 9.80 Å². The Hall–Kier alpha value is -3.37. The summed E-state index contributed by atoms with van der Waals surface area (Å²) < 4.78 is 26.3. The first-order valence-corrected chi connectivity index (χ1v) is 13.7. The fraction of sp³-hybridized carbons (Fsp3) is 0.200. The molecular weight excluding hydrogens is 467 g/mol. The fourth-order valence-electron chi connectivity index (χ4n) is 5.29. The zero-order chi connectivity index (χ0) is 24.3. The minimum atomic E-state index is -2.88. The van der Waals surface area contributed by atoms with Crippen LogP contribution in [0.25, 0.3) is 0 Å². The molecule has 36 heavy (non-hydrogen) atoms. The summed E-state index contributed by atoms with van der Waals surface area (Å²) in [4.78, 5) is 4.36. The van der Waals surface area contributed by atoms with Crippen molar-refractivity contribution in [1.29, 1.82) is 0 Å². The maximum Gasteiger partial charge on any atom is 0.323 e. The molecule has 0 radical (unpaired) electrons. The molecule has 2 aliphatic heterocycles. The summed E-state index contributed by atoms with van der Waals surface area (Å²) in [5.41, 5.74) is 6.61. The molecule has 0 N–H and O–H groups in total. The van der Waals surface area contributed by atoms with Crippen molar-refractivity contribution in [2.45, 2.75) is 25.3 Å². The number of hydrogen-bond donors (Lipinski definition) is 0. The lowest BCUT2D eigenvalue weighted by molar-refractivity contribution is 0.119. The Balaban J connectivity index is 1.31. The van der Waals surface area contributed by atoms with Crippen molar-refractivity contribution in [3.8, 4) is 0 Å². The van der Waals surface area contributed by atoms with Gasteiger partial charge in [-0.1, -0.05) is 84.9 Å². The molecular formula is C30H29N2O3P. The molecule has 6 rings (SSSR count). The van der Waals surface area contributed by atoms with Crippen LogP contribution in [0.4, 0.5) is 11.4 Å². The second kappa shape index (κ2) is 10.3. The molecule has 2 heterocycles. The Morgan fingerprint density at radius 2 is 0.944 bits per heavy atom. The summed E-state index contributed by atoms with van der Waals surface area (Å²) in [6, 6.07) is 36.8. The van der Waals surface area contributed by atoms with E-state index in [1.54, 1.807) is 0 Å². The van der Waals surface area contributed by atoms with Crippen LogP contribution in [0.2, 0.25) is 0 Å². The topological polar surface area (TPSA) is 42.0 Å². The van der Waals surface area contributed by atoms with E-state index in [-0.39, 0.29) is 0 Å². The third-order valence-corrected chi connectivity index (χ3v) is 7.88. The highest BCUT2D eigenvalue weighted by Gasteiger charge is 2.33. The Morgan fingerprint density at radius 1 is 0.556 bits per heavy atom. The first kappa shape index (κ1) is 23.1. The first-order chi connectivity index (χ1) is 17.8. The number of para-hydroxylation sites is 2. The van der Waals surface area contributed by atoms with Crippen molar-refractivity contribution < 1.29 is 13.6 Å². The Morgan fingerprint density at radius 3 is 1.39 bits per heavy atom. The maximum atomic E-state index is 13.6. The molecule has 182 valence electrons. The van der Waals surface area contributed by atoms with E-state index in [4.69, 9.17) is 9.05 Å². The Bertz CT molecular complexity index is 1250. The van der Waals surface area contributed by atoms with Gasteiger partial charge in [0.2, 0.25) is 0 Å². The number of benzene rings is 4. The average Bonchev–Trinajstić information content (AvgIpc) is 2.94. The summed E-state index contributed by atoms with van der Waals surface area (Å²) in [6.07, 6.45) is 0.857. The van der Waals surface area contributed by atoms with Crippen molar-refractivity contribution in [3.63, 3.8) is 0 Å². The average molecular weight is 497 g/mol. The van der Waals surface area contributed by atoms with Gasteiger partial charge in [0.15, 0.2) is 12.5 Å². The summed E-state index contributed by atoms with van der Waals surface area (Å²) >= 11 is 0. The van der Waals surface area contributed by atoms with Crippen LogP contribution in [0.15, 0.2) is 109 Å². The third kappa shape index (κ3) is 4.58. The lowest BCUT2D eigenvalue weighted by Gasteiger charge is -2.40. The van der Waals surface area contributed by atoms with Crippen LogP contribution in [0.3, 0.4) is 0 Å². The van der Waals surface area contributed by atoms with Gasteiger partial charge < -0.3 is 9.80 Å². The van der Waals surface area contributed by atoms with E-state index >= 15 is 0 Å². The predicted octanol–water partition coefficient (Wildman–Crippen LogP) is 6.93. The van der Waals surface area contributed by atoms with Crippen LogP contribution in [-0.2, 0) is 26.5 Å². The lowest BCUT2D eigenvalue weighted by atomic mass is 9.98. The van der Waals surface area contributed by atoms with Gasteiger partial charge in [-0.15, -0.1) is 0 Å². The molecule has 0 saturated carbocycles. The van der Waals surface area contributed by atoms with E-state index in [0.29, 0.717) is 0 Å². The van der Waals surface area contributed by atoms with Crippen LogP contribution >= 0.6 is 8.25 Å². The maximum absolute atomic E-state index is 13.6. The highest BCUT2D eigenvalue weighted by molar-refractivity contribution is 7.33. The molecule has 6 heteroatoms. The number of fused-ring (bicyclic) bond motifs is 2. The van der Waals surface area contributed by atoms with Gasteiger partial charge in [0.25, 0.3) is 0 Å². The Labute approximate surface area is 212 Å². The van der Waals surface area contributed by atoms with Crippen LogP contribution in [-0.4, -0.2) is 13.1 Å². The van der Waals surface area contributed by atoms with Gasteiger partial charge in [-0.3, -0.25) is 13.6 Å². The number of nitrogens with zero attached hydrogens (tertiary/aromatic N) is 2. The lowest BCUT2D eigenvalue weighted by Crippen LogP contribution is -2.37. The van der Waals surface area contributed by atoms with E-state index in [2.05, 4.69) is 58.3 Å². The van der Waals surface area contributed by atoms with E-state index in [1.807, 2.05) is 60.7 Å². The molecule has 0 spiro atoms. The van der Waals surface area contributed by atoms with Crippen LogP contribution in [0, 0.1) is 0 Å². The molecule has 2 atom stereocenters. The van der Waals surface area contributed by atoms with Crippen molar-refractivity contribution in [2.24, 2.45) is 0 Å². The quantitative estimate of drug-likeness (QED) is 0.271. The molecule has 4 aromatic carbocycles. The second-order valence-corrected chi connectivity index (χ2v) is 10.1. The molecule has 2 aliphatic rings. The standard InChI is InChI=1S/C30H29N2O3P/c33-36(34-29-27-17-9-7-11-23(27)19-21-31(29)25-13-3-1-4-14-25)35-30-28-18-10-8-12-24(28)20-22-32(30)26-15-5-2-6-16-26/h1-18,29-30,36H,19-22H2. The van der Waals surface area contributed by atoms with E-state index < -0.39 is 20.7 Å². The normalized spacial score (nSPS) is 19.9. The number of hydrogen-bond acceptors (Lipinski definition) is 5. The largest absolute Gasteiger partial charge is 0.342 e. The highest BCUT2D eigenvalue weighted by Crippen LogP contribution is 2.46. The molecule has 2 unspecified atom stereocenters. The molecule has 5 nitrogen and oxygen atoms in total. The van der Waals surface area contributed by atoms with Crippen molar-refractivity contribution in [3.05, 3.63) is 131 Å². The summed E-state index contributed by atoms with van der Waals surface area (Å²) in [5.74, 6) is 0. The van der Waals surface area contributed by atoms with Gasteiger partial charge in [0.05, 0.1) is 0 Å². The minimum absolute atomic E-state index is 0.479. The highest BCUT2D eigenvalue weighted by atomic mass is 31.1. The molecule has 0 aliphatic carbocycles. The summed E-state index contributed by atoms with van der Waals surface area (Å²) in [5, 5.41) is 0. The van der Waals surface area contributed by atoms with Crippen LogP contribution in [0.1, 0.15) is 34.7 Å². The van der Waals surface area contributed by atoms with Gasteiger partial charge in [-0.2, -0.15) is 0 Å². The van der Waals surface area contributed by atoms with Crippen molar-refractivity contribution in [2.75, 3.05) is 22.9 Å². The SMILES string of the molecule is O=[PH](OC1c2ccccc2CCN1c1ccccc1)OC1c2ccccc2CCN1c1ccccc1. The monoisotopic (exact) mass is 496 g/mol. The van der Waals surface area contributed by atoms with Gasteiger partial charge in [-0.05, 0) is 48.2 Å². The minimum Gasteiger partial charge on any atom is -0.342 e. The molecule has 0 fully saturated rings. The van der Waals surface area contributed by atoms with Crippen molar-refractivity contribution in [1.82, 2.24) is 0 Å². The molecule has 0 aromatic heterocycles. The molecule has 0 saturated heterocycles. The third-order valence-electron chi connectivity index (χ3n) is 7.04. The molecule has 0 bridgehead atoms. The van der Waals surface area contributed by atoms with E-state index in [9.17, 15) is 4.57 Å². The molecule has 0 amide bonds. The van der Waals surface area contributed by atoms with Gasteiger partial charge in [0, 0.05) is 35.6 Å². The number of anilines is 2. The van der Waals surface area contributed by atoms with Gasteiger partial charge in [-0.25, -0.2) is 0 Å². The summed E-state index contributed by atoms with van der Waals surface area (Å²) in [6.45, 7) is 1.56. The zero-order valence-corrected chi connectivity index (χ0v) is 21.0. The van der Waals surface area contributed by atoms with Gasteiger partial charge in [0.1, 0.15) is 0 Å². The smallest absolute Gasteiger partial charge is 0.323 e. The second-order valence-electron chi connectivity index (χ2n) is 9.15. The van der Waals surface area contributed by atoms with Crippen LogP contribution in [0.5, 0.6) is 0 Å². The van der Waals surface area contributed by atoms with E-state index in [1.165, 1.54) is 11.1 Å². The van der Waals surface area contributed by atoms with E-state index in [0.717, 1.165) is 48.4 Å². The van der Waals surface area contributed by atoms with Crippen molar-refractivity contribution >= 4 is 19.6 Å². The zero-order valence-electron chi connectivity index (χ0n) is 20.0. The summed E-state index contributed by atoms with van der Waals surface area (Å²) in [7, 11) is -2.88. The Kier molecular flexibility index (Phi) is 6.61.